The summed E-state index contributed by atoms with van der Waals surface area (Å²) in [6.07, 6.45) is -0.725. The zero-order valence-corrected chi connectivity index (χ0v) is 10.4. The predicted molar refractivity (Wildman–Crippen MR) is 71.2 cm³/mol. The molecule has 3 N–H and O–H groups in total. The average molecular weight is 261 g/mol. The molecular weight excluding hydrogens is 245 g/mol. The molecule has 0 spiro atoms. The van der Waals surface area contributed by atoms with Crippen LogP contribution in [0.15, 0.2) is 48.5 Å². The van der Waals surface area contributed by atoms with Crippen LogP contribution in [0.25, 0.3) is 0 Å². The number of hydrogen-bond acceptors (Lipinski definition) is 3. The van der Waals surface area contributed by atoms with Gasteiger partial charge in [0.1, 0.15) is 24.3 Å². The summed E-state index contributed by atoms with van der Waals surface area (Å²) in [5, 5.41) is 9.97. The molecule has 1 unspecified atom stereocenters. The summed E-state index contributed by atoms with van der Waals surface area (Å²) < 4.78 is 18.1. The molecule has 0 saturated heterocycles. The van der Waals surface area contributed by atoms with Gasteiger partial charge in [-0.25, -0.2) is 4.39 Å². The van der Waals surface area contributed by atoms with Crippen molar-refractivity contribution in [3.8, 4) is 5.75 Å². The molecular formula is C15H16FNO2. The van der Waals surface area contributed by atoms with E-state index >= 15 is 0 Å². The maximum atomic E-state index is 12.7. The molecule has 0 aliphatic rings. The summed E-state index contributed by atoms with van der Waals surface area (Å²) in [5.41, 5.74) is 7.28. The molecule has 0 aliphatic carbocycles. The second-order valence-corrected chi connectivity index (χ2v) is 4.23. The maximum Gasteiger partial charge on any atom is 0.123 e. The highest BCUT2D eigenvalue weighted by atomic mass is 19.1. The van der Waals surface area contributed by atoms with E-state index in [1.54, 1.807) is 0 Å². The van der Waals surface area contributed by atoms with Crippen molar-refractivity contribution in [1.29, 1.82) is 0 Å². The summed E-state index contributed by atoms with van der Waals surface area (Å²) in [4.78, 5) is 0. The highest BCUT2D eigenvalue weighted by Gasteiger charge is 2.08. The number of aliphatic hydroxyl groups excluding tert-OH is 1. The van der Waals surface area contributed by atoms with Gasteiger partial charge in [-0.2, -0.15) is 0 Å². The van der Waals surface area contributed by atoms with Crippen LogP contribution in [-0.4, -0.2) is 11.7 Å². The van der Waals surface area contributed by atoms with Crippen molar-refractivity contribution in [3.63, 3.8) is 0 Å². The lowest BCUT2D eigenvalue weighted by atomic mass is 10.1. The minimum Gasteiger partial charge on any atom is -0.491 e. The summed E-state index contributed by atoms with van der Waals surface area (Å²) in [6.45, 7) is 0.593. The highest BCUT2D eigenvalue weighted by molar-refractivity contribution is 5.25. The normalized spacial score (nSPS) is 12.2. The monoisotopic (exact) mass is 261 g/mol. The number of nitrogens with two attached hydrogens (primary N) is 1. The number of halogens is 1. The summed E-state index contributed by atoms with van der Waals surface area (Å²) in [7, 11) is 0. The Morgan fingerprint density at radius 3 is 2.26 bits per heavy atom. The minimum absolute atomic E-state index is 0.119. The molecule has 0 radical (unpaired) electrons. The van der Waals surface area contributed by atoms with E-state index in [1.807, 2.05) is 24.3 Å². The predicted octanol–water partition coefficient (Wildman–Crippen LogP) is 2.40. The van der Waals surface area contributed by atoms with Crippen molar-refractivity contribution in [1.82, 2.24) is 0 Å². The van der Waals surface area contributed by atoms with E-state index < -0.39 is 6.10 Å². The first-order valence-electron chi connectivity index (χ1n) is 6.04. The van der Waals surface area contributed by atoms with Crippen molar-refractivity contribution in [2.75, 3.05) is 6.61 Å². The van der Waals surface area contributed by atoms with Crippen LogP contribution < -0.4 is 10.5 Å². The Labute approximate surface area is 111 Å². The zero-order chi connectivity index (χ0) is 13.7. The van der Waals surface area contributed by atoms with Crippen LogP contribution in [-0.2, 0) is 6.54 Å². The summed E-state index contributed by atoms with van der Waals surface area (Å²) >= 11 is 0. The van der Waals surface area contributed by atoms with Gasteiger partial charge in [-0.15, -0.1) is 0 Å². The fraction of sp³-hybridized carbons (Fsp3) is 0.200. The van der Waals surface area contributed by atoms with E-state index in [1.165, 1.54) is 24.3 Å². The van der Waals surface area contributed by atoms with E-state index in [0.717, 1.165) is 11.1 Å². The standard InChI is InChI=1S/C15H16FNO2/c16-13-5-7-14(8-6-13)19-10-15(18)12-3-1-11(9-17)2-4-12/h1-8,15,18H,9-10,17H2. The average Bonchev–Trinajstić information content (AvgIpc) is 2.46. The van der Waals surface area contributed by atoms with Crippen molar-refractivity contribution in [2.24, 2.45) is 5.73 Å². The van der Waals surface area contributed by atoms with Gasteiger partial charge in [0.15, 0.2) is 0 Å². The Kier molecular flexibility index (Phi) is 4.49. The zero-order valence-electron chi connectivity index (χ0n) is 10.4. The molecule has 0 bridgehead atoms. The van der Waals surface area contributed by atoms with Gasteiger partial charge in [-0.1, -0.05) is 24.3 Å². The summed E-state index contributed by atoms with van der Waals surface area (Å²) in [6, 6.07) is 13.1. The second kappa shape index (κ2) is 6.31. The highest BCUT2D eigenvalue weighted by Crippen LogP contribution is 2.17. The first-order valence-corrected chi connectivity index (χ1v) is 6.04. The Morgan fingerprint density at radius 1 is 1.05 bits per heavy atom. The third-order valence-electron chi connectivity index (χ3n) is 2.82. The molecule has 0 aromatic heterocycles. The van der Waals surface area contributed by atoms with E-state index in [-0.39, 0.29) is 12.4 Å². The molecule has 0 aliphatic heterocycles. The van der Waals surface area contributed by atoms with Crippen molar-refractivity contribution >= 4 is 0 Å². The number of benzene rings is 2. The number of rotatable bonds is 5. The van der Waals surface area contributed by atoms with Gasteiger partial charge in [0, 0.05) is 6.54 Å². The quantitative estimate of drug-likeness (QED) is 0.869. The Bertz CT molecular complexity index is 511. The Balaban J connectivity index is 1.93. The molecule has 100 valence electrons. The molecule has 0 amide bonds. The third-order valence-corrected chi connectivity index (χ3v) is 2.82. The van der Waals surface area contributed by atoms with Gasteiger partial charge in [-0.05, 0) is 35.4 Å². The molecule has 19 heavy (non-hydrogen) atoms. The number of ether oxygens (including phenoxy) is 1. The van der Waals surface area contributed by atoms with E-state index in [0.29, 0.717) is 12.3 Å². The SMILES string of the molecule is NCc1ccc(C(O)COc2ccc(F)cc2)cc1. The molecule has 0 saturated carbocycles. The van der Waals surface area contributed by atoms with E-state index in [2.05, 4.69) is 0 Å². The van der Waals surface area contributed by atoms with E-state index in [9.17, 15) is 9.50 Å². The van der Waals surface area contributed by atoms with Crippen LogP contribution in [0.4, 0.5) is 4.39 Å². The lowest BCUT2D eigenvalue weighted by Gasteiger charge is -2.13. The smallest absolute Gasteiger partial charge is 0.123 e. The van der Waals surface area contributed by atoms with Gasteiger partial charge in [0.25, 0.3) is 0 Å². The van der Waals surface area contributed by atoms with Crippen LogP contribution in [0.1, 0.15) is 17.2 Å². The van der Waals surface area contributed by atoms with E-state index in [4.69, 9.17) is 10.5 Å². The molecule has 2 rings (SSSR count). The summed E-state index contributed by atoms with van der Waals surface area (Å²) in [5.74, 6) is 0.212. The van der Waals surface area contributed by atoms with Gasteiger partial charge in [-0.3, -0.25) is 0 Å². The Hall–Kier alpha value is -1.91. The molecule has 1 atom stereocenters. The van der Waals surface area contributed by atoms with Crippen LogP contribution in [0.3, 0.4) is 0 Å². The Morgan fingerprint density at radius 2 is 1.68 bits per heavy atom. The third kappa shape index (κ3) is 3.77. The second-order valence-electron chi connectivity index (χ2n) is 4.23. The molecule has 0 fully saturated rings. The number of aliphatic hydroxyl groups is 1. The van der Waals surface area contributed by atoms with Crippen LogP contribution in [0, 0.1) is 5.82 Å². The topological polar surface area (TPSA) is 55.5 Å². The molecule has 3 nitrogen and oxygen atoms in total. The van der Waals surface area contributed by atoms with Crippen molar-refractivity contribution in [3.05, 3.63) is 65.5 Å². The fourth-order valence-electron chi connectivity index (χ4n) is 1.68. The van der Waals surface area contributed by atoms with Gasteiger partial charge >= 0.3 is 0 Å². The first-order chi connectivity index (χ1) is 9.19. The fourth-order valence-corrected chi connectivity index (χ4v) is 1.68. The van der Waals surface area contributed by atoms with Crippen LogP contribution in [0.2, 0.25) is 0 Å². The minimum atomic E-state index is -0.725. The lowest BCUT2D eigenvalue weighted by Crippen LogP contribution is -2.10. The maximum absolute atomic E-state index is 12.7. The first kappa shape index (κ1) is 13.5. The number of hydrogen-bond donors (Lipinski definition) is 2. The molecule has 0 heterocycles. The molecule has 2 aromatic carbocycles. The van der Waals surface area contributed by atoms with Crippen LogP contribution in [0.5, 0.6) is 5.75 Å². The van der Waals surface area contributed by atoms with Gasteiger partial charge in [0.2, 0.25) is 0 Å². The molecule has 2 aromatic rings. The lowest BCUT2D eigenvalue weighted by molar-refractivity contribution is 0.108. The van der Waals surface area contributed by atoms with Crippen LogP contribution >= 0.6 is 0 Å². The largest absolute Gasteiger partial charge is 0.491 e. The van der Waals surface area contributed by atoms with Gasteiger partial charge in [0.05, 0.1) is 0 Å². The van der Waals surface area contributed by atoms with Crippen molar-refractivity contribution in [2.45, 2.75) is 12.6 Å². The van der Waals surface area contributed by atoms with Crippen molar-refractivity contribution < 1.29 is 14.2 Å². The van der Waals surface area contributed by atoms with Gasteiger partial charge < -0.3 is 15.6 Å². The molecule has 4 heteroatoms.